The van der Waals surface area contributed by atoms with Gasteiger partial charge in [0.05, 0.1) is 19.9 Å². The highest BCUT2D eigenvalue weighted by Crippen LogP contribution is 2.16. The first-order valence-electron chi connectivity index (χ1n) is 5.52. The van der Waals surface area contributed by atoms with Crippen LogP contribution in [0.15, 0.2) is 40.4 Å². The van der Waals surface area contributed by atoms with Crippen LogP contribution in [0.1, 0.15) is 5.56 Å². The minimum atomic E-state index is -3.96. The summed E-state index contributed by atoms with van der Waals surface area (Å²) in [5, 5.41) is 0. The third kappa shape index (κ3) is 2.97. The average molecular weight is 296 g/mol. The van der Waals surface area contributed by atoms with Crippen molar-refractivity contribution in [1.29, 1.82) is 0 Å². The number of methoxy groups -OCH3 is 2. The number of allylic oxidation sites excluding steroid dienone is 1. The molecule has 20 heavy (non-hydrogen) atoms. The van der Waals surface area contributed by atoms with Crippen LogP contribution < -0.4 is 9.46 Å². The molecule has 1 aliphatic heterocycles. The number of carbonyl (C=O) groups excluding carboxylic acids is 1. The molecule has 7 nitrogen and oxygen atoms in total. The lowest BCUT2D eigenvalue weighted by Crippen LogP contribution is -2.31. The van der Waals surface area contributed by atoms with Crippen LogP contribution in [0.4, 0.5) is 0 Å². The Labute approximate surface area is 116 Å². The summed E-state index contributed by atoms with van der Waals surface area (Å²) < 4.78 is 38.3. The summed E-state index contributed by atoms with van der Waals surface area (Å²) in [5.41, 5.74) is 0.498. The zero-order valence-electron chi connectivity index (χ0n) is 10.8. The molecule has 0 amide bonds. The van der Waals surface area contributed by atoms with E-state index in [0.29, 0.717) is 11.3 Å². The Morgan fingerprint density at radius 2 is 1.85 bits per heavy atom. The number of rotatable bonds is 3. The molecule has 106 valence electrons. The molecule has 0 radical (unpaired) electrons. The van der Waals surface area contributed by atoms with Gasteiger partial charge in [0.1, 0.15) is 11.4 Å². The summed E-state index contributed by atoms with van der Waals surface area (Å²) in [6, 6.07) is 6.62. The minimum Gasteiger partial charge on any atom is -0.497 e. The molecule has 0 unspecified atom stereocenters. The highest BCUT2D eigenvalue weighted by atomic mass is 32.2. The number of benzene rings is 1. The van der Waals surface area contributed by atoms with Crippen LogP contribution in [0, 0.1) is 0 Å². The van der Waals surface area contributed by atoms with Gasteiger partial charge in [-0.1, -0.05) is 0 Å². The van der Waals surface area contributed by atoms with Crippen LogP contribution in [-0.4, -0.2) is 34.3 Å². The highest BCUT2D eigenvalue weighted by molar-refractivity contribution is 7.88. The number of hydrogen-bond donors (Lipinski definition) is 1. The molecule has 1 N–H and O–H groups in total. The average Bonchev–Trinajstić information content (AvgIpc) is 2.44. The fraction of sp³-hybridized carbons (Fsp3) is 0.167. The lowest BCUT2D eigenvalue weighted by Gasteiger charge is -2.14. The van der Waals surface area contributed by atoms with Crippen LogP contribution >= 0.6 is 0 Å². The van der Waals surface area contributed by atoms with Crippen molar-refractivity contribution in [3.63, 3.8) is 0 Å². The van der Waals surface area contributed by atoms with Gasteiger partial charge in [0.25, 0.3) is 0 Å². The molecule has 1 aliphatic rings. The largest absolute Gasteiger partial charge is 0.497 e. The molecule has 0 spiro atoms. The highest BCUT2D eigenvalue weighted by Gasteiger charge is 2.23. The molecule has 1 aromatic carbocycles. The van der Waals surface area contributed by atoms with Crippen LogP contribution in [0.5, 0.6) is 5.75 Å². The number of nitrogens with zero attached hydrogens (tertiary/aromatic N) is 1. The Kier molecular flexibility index (Phi) is 3.75. The second kappa shape index (κ2) is 5.33. The standard InChI is InChI=1S/C12H12N2O5S/c1-18-9-5-3-8(4-6-9)10-7-11(12(15)19-2)14-20(16,17)13-10/h3-7,14H,1-2H3. The molecule has 0 saturated heterocycles. The van der Waals surface area contributed by atoms with Gasteiger partial charge in [-0.05, 0) is 30.3 Å². The first kappa shape index (κ1) is 14.1. The topological polar surface area (TPSA) is 94.1 Å². The maximum atomic E-state index is 11.6. The first-order chi connectivity index (χ1) is 9.45. The molecule has 0 bridgehead atoms. The molecule has 0 saturated carbocycles. The van der Waals surface area contributed by atoms with Crippen molar-refractivity contribution in [1.82, 2.24) is 4.72 Å². The number of carbonyl (C=O) groups is 1. The molecule has 2 rings (SSSR count). The number of ether oxygens (including phenoxy) is 2. The van der Waals surface area contributed by atoms with E-state index in [1.807, 2.05) is 4.72 Å². The maximum absolute atomic E-state index is 11.6. The van der Waals surface area contributed by atoms with Gasteiger partial charge in [0.15, 0.2) is 0 Å². The number of esters is 1. The second-order valence-corrected chi connectivity index (χ2v) is 5.17. The van der Waals surface area contributed by atoms with Gasteiger partial charge in [-0.25, -0.2) is 4.79 Å². The summed E-state index contributed by atoms with van der Waals surface area (Å²) in [4.78, 5) is 11.4. The van der Waals surface area contributed by atoms with E-state index in [1.54, 1.807) is 24.3 Å². The Morgan fingerprint density at radius 3 is 2.40 bits per heavy atom. The van der Waals surface area contributed by atoms with Crippen molar-refractivity contribution in [2.24, 2.45) is 4.40 Å². The lowest BCUT2D eigenvalue weighted by atomic mass is 10.1. The summed E-state index contributed by atoms with van der Waals surface area (Å²) in [6.45, 7) is 0. The first-order valence-corrected chi connectivity index (χ1v) is 6.96. The van der Waals surface area contributed by atoms with E-state index in [-0.39, 0.29) is 11.4 Å². The van der Waals surface area contributed by atoms with Gasteiger partial charge in [0, 0.05) is 5.56 Å². The van der Waals surface area contributed by atoms with Gasteiger partial charge in [-0.15, -0.1) is 4.40 Å². The minimum absolute atomic E-state index is 0.145. The number of nitrogens with one attached hydrogen (secondary N) is 1. The van der Waals surface area contributed by atoms with Gasteiger partial charge >= 0.3 is 16.2 Å². The van der Waals surface area contributed by atoms with Gasteiger partial charge in [-0.2, -0.15) is 8.42 Å². The lowest BCUT2D eigenvalue weighted by molar-refractivity contribution is -0.136. The molecule has 0 aliphatic carbocycles. The smallest absolute Gasteiger partial charge is 0.355 e. The van der Waals surface area contributed by atoms with E-state index in [2.05, 4.69) is 9.13 Å². The van der Waals surface area contributed by atoms with Crippen LogP contribution in [0.3, 0.4) is 0 Å². The van der Waals surface area contributed by atoms with Crippen LogP contribution in [-0.2, 0) is 19.7 Å². The van der Waals surface area contributed by atoms with Crippen molar-refractivity contribution in [2.45, 2.75) is 0 Å². The zero-order chi connectivity index (χ0) is 14.8. The molecular formula is C12H12N2O5S. The van der Waals surface area contributed by atoms with Crippen molar-refractivity contribution in [3.05, 3.63) is 41.6 Å². The summed E-state index contributed by atoms with van der Waals surface area (Å²) in [5.74, 6) is -0.155. The van der Waals surface area contributed by atoms with E-state index in [9.17, 15) is 13.2 Å². The van der Waals surface area contributed by atoms with Crippen LogP contribution in [0.25, 0.3) is 0 Å². The van der Waals surface area contributed by atoms with E-state index >= 15 is 0 Å². The van der Waals surface area contributed by atoms with Crippen molar-refractivity contribution >= 4 is 21.9 Å². The van der Waals surface area contributed by atoms with E-state index in [1.165, 1.54) is 13.2 Å². The quantitative estimate of drug-likeness (QED) is 0.814. The Bertz CT molecular complexity index is 689. The second-order valence-electron chi connectivity index (χ2n) is 3.83. The SMILES string of the molecule is COC(=O)C1=CC(c2ccc(OC)cc2)=NS(=O)(=O)N1. The molecule has 1 aromatic rings. The van der Waals surface area contributed by atoms with Gasteiger partial charge in [-0.3, -0.25) is 4.72 Å². The maximum Gasteiger partial charge on any atom is 0.355 e. The summed E-state index contributed by atoms with van der Waals surface area (Å²) in [7, 11) is -1.27. The Balaban J connectivity index is 2.44. The molecule has 1 heterocycles. The zero-order valence-corrected chi connectivity index (χ0v) is 11.6. The third-order valence-electron chi connectivity index (χ3n) is 2.53. The molecule has 0 aromatic heterocycles. The molecule has 8 heteroatoms. The van der Waals surface area contributed by atoms with Gasteiger partial charge < -0.3 is 9.47 Å². The van der Waals surface area contributed by atoms with Crippen molar-refractivity contribution < 1.29 is 22.7 Å². The fourth-order valence-corrected chi connectivity index (χ4v) is 2.48. The van der Waals surface area contributed by atoms with Crippen molar-refractivity contribution in [3.8, 4) is 5.75 Å². The molecule has 0 atom stereocenters. The van der Waals surface area contributed by atoms with E-state index < -0.39 is 16.2 Å². The third-order valence-corrected chi connectivity index (χ3v) is 3.44. The summed E-state index contributed by atoms with van der Waals surface area (Å²) in [6.07, 6.45) is 1.31. The van der Waals surface area contributed by atoms with E-state index in [0.717, 1.165) is 7.11 Å². The Hall–Kier alpha value is -2.35. The number of hydrogen-bond acceptors (Lipinski definition) is 5. The van der Waals surface area contributed by atoms with E-state index in [4.69, 9.17) is 4.74 Å². The normalized spacial score (nSPS) is 16.5. The summed E-state index contributed by atoms with van der Waals surface area (Å²) >= 11 is 0. The fourth-order valence-electron chi connectivity index (χ4n) is 1.59. The Morgan fingerprint density at radius 1 is 1.20 bits per heavy atom. The predicted octanol–water partition coefficient (Wildman–Crippen LogP) is 0.389. The van der Waals surface area contributed by atoms with Crippen molar-refractivity contribution in [2.75, 3.05) is 14.2 Å². The molecular weight excluding hydrogens is 284 g/mol. The monoisotopic (exact) mass is 296 g/mol. The van der Waals surface area contributed by atoms with Gasteiger partial charge in [0.2, 0.25) is 0 Å². The predicted molar refractivity (Wildman–Crippen MR) is 71.7 cm³/mol. The molecule has 0 fully saturated rings. The van der Waals surface area contributed by atoms with Crippen LogP contribution in [0.2, 0.25) is 0 Å².